The van der Waals surface area contributed by atoms with Gasteiger partial charge in [0.25, 0.3) is 0 Å². The van der Waals surface area contributed by atoms with Crippen LogP contribution in [0, 0.1) is 12.3 Å². The summed E-state index contributed by atoms with van der Waals surface area (Å²) >= 11 is 3.47. The second kappa shape index (κ2) is 4.63. The number of nitrogens with zero attached hydrogens (tertiary/aromatic N) is 2. The van der Waals surface area contributed by atoms with Gasteiger partial charge in [0.1, 0.15) is 0 Å². The second-order valence-corrected chi connectivity index (χ2v) is 5.07. The smallest absolute Gasteiger partial charge is 0.0738 e. The zero-order valence-electron chi connectivity index (χ0n) is 9.29. The molecule has 0 aliphatic carbocycles. The molecule has 4 nitrogen and oxygen atoms in total. The Morgan fingerprint density at radius 3 is 2.27 bits per heavy atom. The molecule has 2 N–H and O–H groups in total. The number of aromatic nitrogens is 2. The van der Waals surface area contributed by atoms with Gasteiger partial charge in [0, 0.05) is 18.9 Å². The van der Waals surface area contributed by atoms with Crippen molar-refractivity contribution in [1.82, 2.24) is 9.78 Å². The number of aliphatic hydroxyl groups excluding tert-OH is 2. The van der Waals surface area contributed by atoms with E-state index in [2.05, 4.69) is 21.0 Å². The van der Waals surface area contributed by atoms with Gasteiger partial charge >= 0.3 is 0 Å². The van der Waals surface area contributed by atoms with Crippen molar-refractivity contribution in [2.24, 2.45) is 12.5 Å². The average Bonchev–Trinajstić information content (AvgIpc) is 2.45. The summed E-state index contributed by atoms with van der Waals surface area (Å²) in [5.74, 6) is 0. The first-order chi connectivity index (χ1) is 6.93. The lowest BCUT2D eigenvalue weighted by molar-refractivity contribution is 0.0687. The summed E-state index contributed by atoms with van der Waals surface area (Å²) in [6.45, 7) is 3.69. The molecule has 0 spiro atoms. The molecule has 0 unspecified atom stereocenters. The van der Waals surface area contributed by atoms with E-state index in [1.165, 1.54) is 0 Å². The molecule has 0 amide bonds. The molecule has 15 heavy (non-hydrogen) atoms. The van der Waals surface area contributed by atoms with Crippen molar-refractivity contribution in [1.29, 1.82) is 0 Å². The number of aryl methyl sites for hydroxylation is 2. The van der Waals surface area contributed by atoms with E-state index >= 15 is 0 Å². The predicted molar refractivity (Wildman–Crippen MR) is 61.6 cm³/mol. The number of hydrogen-bond donors (Lipinski definition) is 2. The average molecular weight is 277 g/mol. The minimum Gasteiger partial charge on any atom is -0.396 e. The third-order valence-corrected chi connectivity index (χ3v) is 3.65. The standard InChI is InChI=1S/C10H17BrN2O2/c1-7-9(11)8(13(3)12-7)4-10(2,5-14)6-15/h14-15H,4-6H2,1-3H3. The zero-order valence-corrected chi connectivity index (χ0v) is 10.9. The van der Waals surface area contributed by atoms with E-state index in [0.29, 0.717) is 6.42 Å². The molecular weight excluding hydrogens is 260 g/mol. The highest BCUT2D eigenvalue weighted by Gasteiger charge is 2.26. The Kier molecular flexibility index (Phi) is 3.92. The van der Waals surface area contributed by atoms with E-state index in [4.69, 9.17) is 0 Å². The van der Waals surface area contributed by atoms with Crippen LogP contribution in [0.4, 0.5) is 0 Å². The highest BCUT2D eigenvalue weighted by atomic mass is 79.9. The maximum atomic E-state index is 9.23. The maximum absolute atomic E-state index is 9.23. The van der Waals surface area contributed by atoms with Gasteiger partial charge < -0.3 is 10.2 Å². The molecule has 1 rings (SSSR count). The highest BCUT2D eigenvalue weighted by Crippen LogP contribution is 2.28. The van der Waals surface area contributed by atoms with Gasteiger partial charge in [0.2, 0.25) is 0 Å². The summed E-state index contributed by atoms with van der Waals surface area (Å²) in [5.41, 5.74) is 1.42. The Bertz CT molecular complexity index is 345. The molecule has 0 saturated carbocycles. The van der Waals surface area contributed by atoms with Gasteiger partial charge in [-0.05, 0) is 22.9 Å². The fraction of sp³-hybridized carbons (Fsp3) is 0.700. The van der Waals surface area contributed by atoms with Crippen LogP contribution in [-0.4, -0.2) is 33.2 Å². The molecule has 1 aromatic rings. The fourth-order valence-corrected chi connectivity index (χ4v) is 1.91. The van der Waals surface area contributed by atoms with Crippen molar-refractivity contribution in [2.75, 3.05) is 13.2 Å². The van der Waals surface area contributed by atoms with Crippen LogP contribution in [0.1, 0.15) is 18.3 Å². The van der Waals surface area contributed by atoms with E-state index in [0.717, 1.165) is 15.9 Å². The first-order valence-corrected chi connectivity index (χ1v) is 5.62. The first kappa shape index (κ1) is 12.7. The lowest BCUT2D eigenvalue weighted by Gasteiger charge is -2.24. The Hall–Kier alpha value is -0.390. The fourth-order valence-electron chi connectivity index (χ4n) is 1.44. The van der Waals surface area contributed by atoms with Gasteiger partial charge in [-0.2, -0.15) is 5.10 Å². The predicted octanol–water partition coefficient (Wildman–Crippen LogP) is 1.02. The number of aliphatic hydroxyl groups is 2. The lowest BCUT2D eigenvalue weighted by Crippen LogP contribution is -2.29. The number of hydrogen-bond acceptors (Lipinski definition) is 3. The van der Waals surface area contributed by atoms with Crippen molar-refractivity contribution in [3.63, 3.8) is 0 Å². The largest absolute Gasteiger partial charge is 0.396 e. The van der Waals surface area contributed by atoms with Crippen LogP contribution < -0.4 is 0 Å². The van der Waals surface area contributed by atoms with Gasteiger partial charge in [0.05, 0.1) is 29.1 Å². The summed E-state index contributed by atoms with van der Waals surface area (Å²) in [5, 5.41) is 22.7. The Morgan fingerprint density at radius 2 is 1.93 bits per heavy atom. The van der Waals surface area contributed by atoms with Crippen LogP contribution in [0.25, 0.3) is 0 Å². The molecule has 5 heteroatoms. The summed E-state index contributed by atoms with van der Waals surface area (Å²) in [6.07, 6.45) is 0.595. The molecule has 0 aromatic carbocycles. The molecule has 1 heterocycles. The number of halogens is 1. The van der Waals surface area contributed by atoms with Crippen LogP contribution >= 0.6 is 15.9 Å². The molecule has 0 radical (unpaired) electrons. The quantitative estimate of drug-likeness (QED) is 0.864. The zero-order chi connectivity index (χ0) is 11.6. The van der Waals surface area contributed by atoms with E-state index in [9.17, 15) is 10.2 Å². The lowest BCUT2D eigenvalue weighted by atomic mass is 9.87. The normalized spacial score (nSPS) is 12.1. The Morgan fingerprint density at radius 1 is 1.40 bits per heavy atom. The Labute approximate surface area is 98.0 Å². The number of rotatable bonds is 4. The molecule has 0 saturated heterocycles. The van der Waals surface area contributed by atoms with Crippen molar-refractivity contribution in [3.8, 4) is 0 Å². The second-order valence-electron chi connectivity index (χ2n) is 4.27. The van der Waals surface area contributed by atoms with E-state index < -0.39 is 5.41 Å². The molecule has 0 bridgehead atoms. The molecule has 0 fully saturated rings. The van der Waals surface area contributed by atoms with Gasteiger partial charge in [-0.3, -0.25) is 4.68 Å². The molecule has 86 valence electrons. The van der Waals surface area contributed by atoms with Crippen LogP contribution in [0.2, 0.25) is 0 Å². The first-order valence-electron chi connectivity index (χ1n) is 4.83. The van der Waals surface area contributed by atoms with Crippen LogP contribution in [0.3, 0.4) is 0 Å². The van der Waals surface area contributed by atoms with Crippen molar-refractivity contribution in [3.05, 3.63) is 15.9 Å². The van der Waals surface area contributed by atoms with Crippen LogP contribution in [-0.2, 0) is 13.5 Å². The summed E-state index contributed by atoms with van der Waals surface area (Å²) in [4.78, 5) is 0. The summed E-state index contributed by atoms with van der Waals surface area (Å²) in [7, 11) is 1.86. The molecule has 1 aromatic heterocycles. The monoisotopic (exact) mass is 276 g/mol. The summed E-state index contributed by atoms with van der Waals surface area (Å²) in [6, 6.07) is 0. The van der Waals surface area contributed by atoms with Gasteiger partial charge in [-0.25, -0.2) is 0 Å². The van der Waals surface area contributed by atoms with E-state index in [1.807, 2.05) is 20.9 Å². The topological polar surface area (TPSA) is 58.3 Å². The van der Waals surface area contributed by atoms with E-state index in [-0.39, 0.29) is 13.2 Å². The van der Waals surface area contributed by atoms with Crippen LogP contribution in [0.15, 0.2) is 4.47 Å². The molecule has 0 atom stereocenters. The molecule has 0 aliphatic rings. The van der Waals surface area contributed by atoms with Crippen molar-refractivity contribution in [2.45, 2.75) is 20.3 Å². The van der Waals surface area contributed by atoms with Gasteiger partial charge in [-0.1, -0.05) is 6.92 Å². The Balaban J connectivity index is 2.98. The highest BCUT2D eigenvalue weighted by molar-refractivity contribution is 9.10. The molecule has 0 aliphatic heterocycles. The van der Waals surface area contributed by atoms with E-state index in [1.54, 1.807) is 4.68 Å². The van der Waals surface area contributed by atoms with Crippen LogP contribution in [0.5, 0.6) is 0 Å². The third kappa shape index (κ3) is 2.59. The minimum absolute atomic E-state index is 0.0415. The van der Waals surface area contributed by atoms with Gasteiger partial charge in [0.15, 0.2) is 0 Å². The third-order valence-electron chi connectivity index (χ3n) is 2.62. The maximum Gasteiger partial charge on any atom is 0.0738 e. The summed E-state index contributed by atoms with van der Waals surface area (Å²) < 4.78 is 2.74. The minimum atomic E-state index is -0.497. The van der Waals surface area contributed by atoms with Crippen molar-refractivity contribution < 1.29 is 10.2 Å². The molecular formula is C10H17BrN2O2. The van der Waals surface area contributed by atoms with Crippen molar-refractivity contribution >= 4 is 15.9 Å². The van der Waals surface area contributed by atoms with Gasteiger partial charge in [-0.15, -0.1) is 0 Å². The SMILES string of the molecule is Cc1nn(C)c(CC(C)(CO)CO)c1Br.